The first-order valence-corrected chi connectivity index (χ1v) is 6.97. The molecule has 5 heteroatoms. The largest absolute Gasteiger partial charge is 0.396 e. The van der Waals surface area contributed by atoms with Crippen molar-refractivity contribution in [2.24, 2.45) is 5.92 Å². The molecule has 0 bridgehead atoms. The third-order valence-electron chi connectivity index (χ3n) is 2.96. The summed E-state index contributed by atoms with van der Waals surface area (Å²) >= 11 is 1.44. The molecule has 2 N–H and O–H groups in total. The maximum atomic E-state index is 12.0. The van der Waals surface area contributed by atoms with Crippen LogP contribution in [-0.4, -0.2) is 28.6 Å². The third kappa shape index (κ3) is 2.97. The standard InChI is InChI=1S/C13H18N2O2S/c1-8(2)13-14-6-11(18-13)12(17)15-10-4-3-9(5-10)7-16/h3-4,6,8-10,16H,5,7H2,1-2H3,(H,15,17)/t9-,10+/m0/s1. The number of thiazole rings is 1. The molecule has 1 heterocycles. The van der Waals surface area contributed by atoms with Gasteiger partial charge in [-0.1, -0.05) is 26.0 Å². The van der Waals surface area contributed by atoms with Crippen LogP contribution in [0, 0.1) is 5.92 Å². The fourth-order valence-electron chi connectivity index (χ4n) is 1.92. The van der Waals surface area contributed by atoms with Gasteiger partial charge in [-0.3, -0.25) is 4.79 Å². The fourth-order valence-corrected chi connectivity index (χ4v) is 2.74. The lowest BCUT2D eigenvalue weighted by molar-refractivity contribution is 0.0945. The molecule has 2 atom stereocenters. The molecular weight excluding hydrogens is 248 g/mol. The number of amides is 1. The number of nitrogens with one attached hydrogen (secondary N) is 1. The zero-order valence-electron chi connectivity index (χ0n) is 10.6. The summed E-state index contributed by atoms with van der Waals surface area (Å²) in [6, 6.07) is 0.0271. The van der Waals surface area contributed by atoms with Gasteiger partial charge in [0, 0.05) is 24.5 Å². The lowest BCUT2D eigenvalue weighted by Crippen LogP contribution is -2.32. The first kappa shape index (κ1) is 13.2. The molecule has 0 aromatic carbocycles. The van der Waals surface area contributed by atoms with Gasteiger partial charge >= 0.3 is 0 Å². The highest BCUT2D eigenvalue weighted by molar-refractivity contribution is 7.13. The van der Waals surface area contributed by atoms with Crippen LogP contribution in [0.4, 0.5) is 0 Å². The second-order valence-electron chi connectivity index (χ2n) is 4.86. The zero-order chi connectivity index (χ0) is 13.1. The van der Waals surface area contributed by atoms with Crippen molar-refractivity contribution in [1.82, 2.24) is 10.3 Å². The first-order chi connectivity index (χ1) is 8.60. The molecule has 2 rings (SSSR count). The molecular formula is C13H18N2O2S. The average molecular weight is 266 g/mol. The van der Waals surface area contributed by atoms with Crippen LogP contribution >= 0.6 is 11.3 Å². The summed E-state index contributed by atoms with van der Waals surface area (Å²) in [5.74, 6) is 0.442. The van der Waals surface area contributed by atoms with E-state index in [1.54, 1.807) is 6.20 Å². The number of hydrogen-bond donors (Lipinski definition) is 2. The first-order valence-electron chi connectivity index (χ1n) is 6.16. The van der Waals surface area contributed by atoms with Gasteiger partial charge in [0.15, 0.2) is 0 Å². The molecule has 0 saturated heterocycles. The van der Waals surface area contributed by atoms with Crippen LogP contribution in [0.1, 0.15) is 40.9 Å². The third-order valence-corrected chi connectivity index (χ3v) is 4.26. The SMILES string of the molecule is CC(C)c1ncc(C(=O)N[C@@H]2C=C[C@H](CO)C2)s1. The van der Waals surface area contributed by atoms with E-state index in [4.69, 9.17) is 5.11 Å². The number of aliphatic hydroxyl groups is 1. The summed E-state index contributed by atoms with van der Waals surface area (Å²) in [7, 11) is 0. The Bertz CT molecular complexity index is 454. The lowest BCUT2D eigenvalue weighted by Gasteiger charge is -2.11. The highest BCUT2D eigenvalue weighted by Gasteiger charge is 2.21. The van der Waals surface area contributed by atoms with Gasteiger partial charge < -0.3 is 10.4 Å². The van der Waals surface area contributed by atoms with E-state index in [9.17, 15) is 4.79 Å². The van der Waals surface area contributed by atoms with Gasteiger partial charge in [0.2, 0.25) is 0 Å². The summed E-state index contributed by atoms with van der Waals surface area (Å²) in [5.41, 5.74) is 0. The van der Waals surface area contributed by atoms with Crippen molar-refractivity contribution in [2.45, 2.75) is 32.2 Å². The molecule has 4 nitrogen and oxygen atoms in total. The van der Waals surface area contributed by atoms with Crippen LogP contribution in [-0.2, 0) is 0 Å². The predicted molar refractivity (Wildman–Crippen MR) is 71.8 cm³/mol. The van der Waals surface area contributed by atoms with Crippen molar-refractivity contribution in [1.29, 1.82) is 0 Å². The van der Waals surface area contributed by atoms with Crippen LogP contribution in [0.25, 0.3) is 0 Å². The highest BCUT2D eigenvalue weighted by atomic mass is 32.1. The molecule has 0 spiro atoms. The number of aromatic nitrogens is 1. The van der Waals surface area contributed by atoms with Gasteiger partial charge in [-0.2, -0.15) is 0 Å². The number of nitrogens with zero attached hydrogens (tertiary/aromatic N) is 1. The number of aliphatic hydroxyl groups excluding tert-OH is 1. The van der Waals surface area contributed by atoms with Crippen LogP contribution in [0.2, 0.25) is 0 Å². The summed E-state index contributed by atoms with van der Waals surface area (Å²) < 4.78 is 0. The second-order valence-corrected chi connectivity index (χ2v) is 5.92. The minimum absolute atomic E-state index is 0.0271. The van der Waals surface area contributed by atoms with Crippen LogP contribution in [0.5, 0.6) is 0 Å². The number of hydrogen-bond acceptors (Lipinski definition) is 4. The summed E-state index contributed by atoms with van der Waals surface area (Å²) in [5, 5.41) is 13.0. The Balaban J connectivity index is 1.94. The van der Waals surface area contributed by atoms with Gasteiger partial charge in [0.1, 0.15) is 4.88 Å². The molecule has 18 heavy (non-hydrogen) atoms. The predicted octanol–water partition coefficient (Wildman–Crippen LogP) is 1.93. The molecule has 1 aliphatic rings. The topological polar surface area (TPSA) is 62.2 Å². The Morgan fingerprint density at radius 3 is 2.94 bits per heavy atom. The zero-order valence-corrected chi connectivity index (χ0v) is 11.4. The molecule has 98 valence electrons. The van der Waals surface area contributed by atoms with E-state index < -0.39 is 0 Å². The summed E-state index contributed by atoms with van der Waals surface area (Å²) in [6.07, 6.45) is 6.32. The molecule has 1 aliphatic carbocycles. The smallest absolute Gasteiger partial charge is 0.263 e. The number of rotatable bonds is 4. The van der Waals surface area contributed by atoms with Crippen molar-refractivity contribution in [2.75, 3.05) is 6.61 Å². The summed E-state index contributed by atoms with van der Waals surface area (Å²) in [4.78, 5) is 16.9. The maximum Gasteiger partial charge on any atom is 0.263 e. The minimum atomic E-state index is -0.0763. The maximum absolute atomic E-state index is 12.0. The van der Waals surface area contributed by atoms with E-state index in [1.165, 1.54) is 11.3 Å². The quantitative estimate of drug-likeness (QED) is 0.819. The van der Waals surface area contributed by atoms with E-state index in [2.05, 4.69) is 24.1 Å². The monoisotopic (exact) mass is 266 g/mol. The lowest BCUT2D eigenvalue weighted by atomic mass is 10.1. The van der Waals surface area contributed by atoms with Crippen LogP contribution in [0.15, 0.2) is 18.3 Å². The van der Waals surface area contributed by atoms with E-state index >= 15 is 0 Å². The van der Waals surface area contributed by atoms with E-state index in [0.29, 0.717) is 10.8 Å². The molecule has 0 aliphatic heterocycles. The fraction of sp³-hybridized carbons (Fsp3) is 0.538. The van der Waals surface area contributed by atoms with Crippen LogP contribution in [0.3, 0.4) is 0 Å². The summed E-state index contributed by atoms with van der Waals surface area (Å²) in [6.45, 7) is 4.26. The average Bonchev–Trinajstić information content (AvgIpc) is 2.97. The number of carbonyl (C=O) groups excluding carboxylic acids is 1. The van der Waals surface area contributed by atoms with Crippen molar-refractivity contribution in [3.8, 4) is 0 Å². The van der Waals surface area contributed by atoms with E-state index in [0.717, 1.165) is 11.4 Å². The van der Waals surface area contributed by atoms with Gasteiger partial charge in [-0.25, -0.2) is 4.98 Å². The Morgan fingerprint density at radius 1 is 1.61 bits per heavy atom. The Morgan fingerprint density at radius 2 is 2.39 bits per heavy atom. The minimum Gasteiger partial charge on any atom is -0.396 e. The molecule has 1 amide bonds. The van der Waals surface area contributed by atoms with E-state index in [1.807, 2.05) is 12.2 Å². The Labute approximate surface area is 111 Å². The van der Waals surface area contributed by atoms with E-state index in [-0.39, 0.29) is 24.5 Å². The van der Waals surface area contributed by atoms with Crippen molar-refractivity contribution < 1.29 is 9.90 Å². The van der Waals surface area contributed by atoms with Gasteiger partial charge in [-0.05, 0) is 6.42 Å². The second kappa shape index (κ2) is 5.63. The van der Waals surface area contributed by atoms with Gasteiger partial charge in [0.25, 0.3) is 5.91 Å². The highest BCUT2D eigenvalue weighted by Crippen LogP contribution is 2.22. The van der Waals surface area contributed by atoms with Gasteiger partial charge in [-0.15, -0.1) is 11.3 Å². The number of carbonyl (C=O) groups is 1. The molecule has 0 radical (unpaired) electrons. The molecule has 1 aromatic rings. The van der Waals surface area contributed by atoms with Crippen molar-refractivity contribution in [3.63, 3.8) is 0 Å². The Kier molecular flexibility index (Phi) is 4.14. The molecule has 0 fully saturated rings. The molecule has 1 aromatic heterocycles. The Hall–Kier alpha value is -1.20. The molecule has 0 unspecified atom stereocenters. The molecule has 0 saturated carbocycles. The van der Waals surface area contributed by atoms with Crippen LogP contribution < -0.4 is 5.32 Å². The van der Waals surface area contributed by atoms with Gasteiger partial charge in [0.05, 0.1) is 11.2 Å². The van der Waals surface area contributed by atoms with Crippen molar-refractivity contribution in [3.05, 3.63) is 28.2 Å². The van der Waals surface area contributed by atoms with Crippen molar-refractivity contribution >= 4 is 17.2 Å². The normalized spacial score (nSPS) is 22.7.